The second kappa shape index (κ2) is 3.91. The van der Waals surface area contributed by atoms with E-state index in [4.69, 9.17) is 4.74 Å². The van der Waals surface area contributed by atoms with Gasteiger partial charge in [0.05, 0.1) is 0 Å². The molecule has 0 atom stereocenters. The summed E-state index contributed by atoms with van der Waals surface area (Å²) in [6.45, 7) is 1.30. The smallest absolute Gasteiger partial charge is 0.343 e. The predicted octanol–water partition coefficient (Wildman–Crippen LogP) is 1.40. The second-order valence-corrected chi connectivity index (χ2v) is 2.93. The molecule has 0 fully saturated rings. The fourth-order valence-electron chi connectivity index (χ4n) is 1.15. The molecule has 5 nitrogen and oxygen atoms in total. The first-order valence-corrected chi connectivity index (χ1v) is 4.42. The summed E-state index contributed by atoms with van der Waals surface area (Å²) in [7, 11) is 0. The fourth-order valence-corrected chi connectivity index (χ4v) is 1.15. The van der Waals surface area contributed by atoms with Crippen LogP contribution in [-0.4, -0.2) is 21.2 Å². The van der Waals surface area contributed by atoms with Crippen LogP contribution >= 0.6 is 0 Å². The minimum absolute atomic E-state index is 0.0429. The summed E-state index contributed by atoms with van der Waals surface area (Å²) in [4.78, 5) is 14.7. The first kappa shape index (κ1) is 9.39. The van der Waals surface area contributed by atoms with Crippen LogP contribution < -0.4 is 4.74 Å². The highest BCUT2D eigenvalue weighted by Crippen LogP contribution is 2.15. The molecule has 0 saturated heterocycles. The van der Waals surface area contributed by atoms with Crippen LogP contribution in [0.4, 0.5) is 0 Å². The van der Waals surface area contributed by atoms with E-state index < -0.39 is 5.97 Å². The summed E-state index contributed by atoms with van der Waals surface area (Å²) >= 11 is 0. The van der Waals surface area contributed by atoms with Gasteiger partial charge in [-0.2, -0.15) is 4.98 Å². The Morgan fingerprint density at radius 1 is 1.33 bits per heavy atom. The topological polar surface area (TPSA) is 67.9 Å². The van der Waals surface area contributed by atoms with Gasteiger partial charge in [-0.15, -0.1) is 5.10 Å². The molecule has 1 N–H and O–H groups in total. The van der Waals surface area contributed by atoms with Crippen LogP contribution in [0.2, 0.25) is 0 Å². The fraction of sp³-hybridized carbons (Fsp3) is 0.100. The van der Waals surface area contributed by atoms with Gasteiger partial charge < -0.3 is 4.74 Å². The maximum Gasteiger partial charge on any atom is 0.343 e. The predicted molar refractivity (Wildman–Crippen MR) is 53.1 cm³/mol. The number of H-pyrrole nitrogens is 1. The molecule has 2 aromatic rings. The van der Waals surface area contributed by atoms with Gasteiger partial charge in [-0.3, -0.25) is 9.89 Å². The zero-order chi connectivity index (χ0) is 10.7. The van der Waals surface area contributed by atoms with Crippen LogP contribution in [0, 0.1) is 0 Å². The number of rotatable bonds is 2. The molecule has 1 aromatic carbocycles. The molecule has 2 rings (SSSR count). The van der Waals surface area contributed by atoms with Gasteiger partial charge in [-0.25, -0.2) is 0 Å². The molecular weight excluding hydrogens is 194 g/mol. The van der Waals surface area contributed by atoms with Crippen molar-refractivity contribution in [2.75, 3.05) is 0 Å². The molecule has 0 amide bonds. The highest BCUT2D eigenvalue weighted by molar-refractivity contribution is 5.68. The van der Waals surface area contributed by atoms with Gasteiger partial charge >= 0.3 is 12.0 Å². The van der Waals surface area contributed by atoms with Crippen LogP contribution in [0.1, 0.15) is 6.92 Å². The molecule has 15 heavy (non-hydrogen) atoms. The van der Waals surface area contributed by atoms with E-state index in [0.29, 0.717) is 5.82 Å². The molecule has 0 bridgehead atoms. The Hall–Kier alpha value is -2.17. The van der Waals surface area contributed by atoms with Crippen LogP contribution in [0.15, 0.2) is 30.3 Å². The van der Waals surface area contributed by atoms with Gasteiger partial charge in [-0.05, 0) is 0 Å². The number of esters is 1. The summed E-state index contributed by atoms with van der Waals surface area (Å²) in [5, 5.41) is 6.44. The van der Waals surface area contributed by atoms with E-state index in [-0.39, 0.29) is 6.01 Å². The lowest BCUT2D eigenvalue weighted by molar-refractivity contribution is -0.132. The molecule has 5 heteroatoms. The van der Waals surface area contributed by atoms with E-state index in [1.807, 2.05) is 30.3 Å². The van der Waals surface area contributed by atoms with Crippen LogP contribution in [0.25, 0.3) is 11.4 Å². The monoisotopic (exact) mass is 203 g/mol. The zero-order valence-corrected chi connectivity index (χ0v) is 8.10. The third kappa shape index (κ3) is 2.19. The Morgan fingerprint density at radius 2 is 2.07 bits per heavy atom. The quantitative estimate of drug-likeness (QED) is 0.749. The molecule has 0 unspecified atom stereocenters. The maximum absolute atomic E-state index is 10.6. The summed E-state index contributed by atoms with van der Waals surface area (Å²) < 4.78 is 4.72. The Balaban J connectivity index is 2.24. The number of hydrogen-bond acceptors (Lipinski definition) is 4. The molecule has 0 aliphatic rings. The molecule has 0 saturated carbocycles. The minimum atomic E-state index is -0.436. The lowest BCUT2D eigenvalue weighted by atomic mass is 10.2. The summed E-state index contributed by atoms with van der Waals surface area (Å²) in [5.74, 6) is 0.139. The molecule has 0 spiro atoms. The van der Waals surface area contributed by atoms with Crippen LogP contribution in [0.3, 0.4) is 0 Å². The normalized spacial score (nSPS) is 9.93. The number of nitrogens with one attached hydrogen (secondary N) is 1. The Kier molecular flexibility index (Phi) is 2.45. The molecule has 0 radical (unpaired) electrons. The largest absolute Gasteiger partial charge is 0.390 e. The number of aromatic nitrogens is 3. The number of carbonyl (C=O) groups is 1. The standard InChI is InChI=1S/C10H9N3O2/c1-7(14)15-10-11-9(12-13-10)8-5-3-2-4-6-8/h2-6H,1H3,(H,11,12,13). The van der Waals surface area contributed by atoms with Crippen molar-refractivity contribution >= 4 is 5.97 Å². The van der Waals surface area contributed by atoms with Gasteiger partial charge in [-0.1, -0.05) is 30.3 Å². The SMILES string of the molecule is CC(=O)Oc1n[nH]c(-c2ccccc2)n1. The Labute approximate surface area is 86.1 Å². The van der Waals surface area contributed by atoms with Gasteiger partial charge in [0.15, 0.2) is 5.82 Å². The van der Waals surface area contributed by atoms with Crippen LogP contribution in [-0.2, 0) is 4.79 Å². The van der Waals surface area contributed by atoms with E-state index in [0.717, 1.165) is 5.56 Å². The van der Waals surface area contributed by atoms with Crippen molar-refractivity contribution in [1.29, 1.82) is 0 Å². The number of aromatic amines is 1. The average molecular weight is 203 g/mol. The highest BCUT2D eigenvalue weighted by atomic mass is 16.5. The Bertz CT molecular complexity index is 465. The van der Waals surface area contributed by atoms with Crippen molar-refractivity contribution in [1.82, 2.24) is 15.2 Å². The van der Waals surface area contributed by atoms with E-state index >= 15 is 0 Å². The van der Waals surface area contributed by atoms with Crippen molar-refractivity contribution < 1.29 is 9.53 Å². The van der Waals surface area contributed by atoms with Crippen molar-refractivity contribution in [3.8, 4) is 17.4 Å². The van der Waals surface area contributed by atoms with Gasteiger partial charge in [0.1, 0.15) is 0 Å². The van der Waals surface area contributed by atoms with Gasteiger partial charge in [0, 0.05) is 12.5 Å². The molecular formula is C10H9N3O2. The molecule has 1 aromatic heterocycles. The van der Waals surface area contributed by atoms with E-state index in [2.05, 4.69) is 15.2 Å². The summed E-state index contributed by atoms with van der Waals surface area (Å²) in [6.07, 6.45) is 0. The Morgan fingerprint density at radius 3 is 2.73 bits per heavy atom. The number of benzene rings is 1. The van der Waals surface area contributed by atoms with Crippen molar-refractivity contribution in [3.05, 3.63) is 30.3 Å². The lowest BCUT2D eigenvalue weighted by Gasteiger charge is -1.93. The van der Waals surface area contributed by atoms with Gasteiger partial charge in [0.25, 0.3) is 0 Å². The van der Waals surface area contributed by atoms with Crippen molar-refractivity contribution in [2.24, 2.45) is 0 Å². The highest BCUT2D eigenvalue weighted by Gasteiger charge is 2.07. The average Bonchev–Trinajstić information content (AvgIpc) is 2.67. The summed E-state index contributed by atoms with van der Waals surface area (Å²) in [5.41, 5.74) is 0.892. The van der Waals surface area contributed by atoms with Crippen LogP contribution in [0.5, 0.6) is 6.01 Å². The second-order valence-electron chi connectivity index (χ2n) is 2.93. The number of ether oxygens (including phenoxy) is 1. The van der Waals surface area contributed by atoms with E-state index in [9.17, 15) is 4.79 Å². The van der Waals surface area contributed by atoms with E-state index in [1.54, 1.807) is 0 Å². The molecule has 0 aliphatic heterocycles. The first-order valence-electron chi connectivity index (χ1n) is 4.42. The first-order chi connectivity index (χ1) is 7.25. The third-order valence-corrected chi connectivity index (χ3v) is 1.75. The van der Waals surface area contributed by atoms with Crippen molar-refractivity contribution in [2.45, 2.75) is 6.92 Å². The minimum Gasteiger partial charge on any atom is -0.390 e. The lowest BCUT2D eigenvalue weighted by Crippen LogP contribution is -2.02. The molecule has 1 heterocycles. The molecule has 0 aliphatic carbocycles. The summed E-state index contributed by atoms with van der Waals surface area (Å²) in [6, 6.07) is 9.51. The van der Waals surface area contributed by atoms with E-state index in [1.165, 1.54) is 6.92 Å². The molecule has 76 valence electrons. The van der Waals surface area contributed by atoms with Crippen molar-refractivity contribution in [3.63, 3.8) is 0 Å². The zero-order valence-electron chi connectivity index (χ0n) is 8.10. The number of carbonyl (C=O) groups excluding carboxylic acids is 1. The maximum atomic E-state index is 10.6. The third-order valence-electron chi connectivity index (χ3n) is 1.75. The number of nitrogens with zero attached hydrogens (tertiary/aromatic N) is 2. The van der Waals surface area contributed by atoms with Gasteiger partial charge in [0.2, 0.25) is 0 Å². The number of hydrogen-bond donors (Lipinski definition) is 1.